The maximum absolute atomic E-state index is 12.6. The molecule has 6 heteroatoms. The lowest BCUT2D eigenvalue weighted by Crippen LogP contribution is -2.58. The molecule has 0 radical (unpaired) electrons. The van der Waals surface area contributed by atoms with Gasteiger partial charge in [0.15, 0.2) is 5.60 Å². The average molecular weight is 362 g/mol. The van der Waals surface area contributed by atoms with Gasteiger partial charge in [-0.25, -0.2) is 9.59 Å². The van der Waals surface area contributed by atoms with Crippen LogP contribution < -0.4 is 0 Å². The van der Waals surface area contributed by atoms with E-state index in [1.807, 2.05) is 13.8 Å². The Morgan fingerprint density at radius 3 is 2.62 bits per heavy atom. The number of fused-ring (bicyclic) bond motifs is 3. The molecule has 0 bridgehead atoms. The summed E-state index contributed by atoms with van der Waals surface area (Å²) in [6.45, 7) is 13.5. The maximum atomic E-state index is 12.6. The van der Waals surface area contributed by atoms with E-state index in [1.54, 1.807) is 6.92 Å². The predicted octanol–water partition coefficient (Wildman–Crippen LogP) is 1.91. The molecular weight excluding hydrogens is 336 g/mol. The molecule has 0 aromatic heterocycles. The lowest BCUT2D eigenvalue weighted by atomic mass is 9.53. The number of rotatable bonds is 2. The van der Waals surface area contributed by atoms with Crippen molar-refractivity contribution in [3.63, 3.8) is 0 Å². The van der Waals surface area contributed by atoms with Crippen LogP contribution in [0.1, 0.15) is 40.0 Å². The molecule has 4 rings (SSSR count). The summed E-state index contributed by atoms with van der Waals surface area (Å²) < 4.78 is 16.8. The molecule has 26 heavy (non-hydrogen) atoms. The Bertz CT molecular complexity index is 713. The molecule has 2 aliphatic heterocycles. The normalized spacial score (nSPS) is 49.9. The number of hydrogen-bond acceptors (Lipinski definition) is 6. The van der Waals surface area contributed by atoms with E-state index >= 15 is 0 Å². The molecule has 2 saturated carbocycles. The fraction of sp³-hybridized carbons (Fsp3) is 0.700. The number of aliphatic hydroxyl groups excluding tert-OH is 1. The third-order valence-corrected chi connectivity index (χ3v) is 7.09. The van der Waals surface area contributed by atoms with Crippen molar-refractivity contribution in [2.24, 2.45) is 17.3 Å². The maximum Gasteiger partial charge on any atom is 0.341 e. The summed E-state index contributed by atoms with van der Waals surface area (Å²) in [5.41, 5.74) is -0.195. The first-order chi connectivity index (χ1) is 12.1. The number of ether oxygens (including phenoxy) is 3. The standard InChI is InChI=1S/C20H26O6/c1-9-6-7-13(21)19(4)8-12(24-18(23)20(5)11(3)26-20)14-10(2)17(22)25-16(14)15(9)19/h11-16,21H,1-2,6-8H2,3-5H3/t11-,12-,13-,14-,15-,16+,19+,20+/m1/s1. The van der Waals surface area contributed by atoms with Crippen LogP contribution >= 0.6 is 0 Å². The molecule has 0 aromatic carbocycles. The van der Waals surface area contributed by atoms with E-state index in [-0.39, 0.29) is 12.0 Å². The number of aliphatic hydroxyl groups is 1. The Hall–Kier alpha value is -1.66. The number of epoxide rings is 1. The highest BCUT2D eigenvalue weighted by molar-refractivity contribution is 5.91. The summed E-state index contributed by atoms with van der Waals surface area (Å²) in [7, 11) is 0. The summed E-state index contributed by atoms with van der Waals surface area (Å²) in [4.78, 5) is 24.8. The summed E-state index contributed by atoms with van der Waals surface area (Å²) in [6, 6.07) is 0. The van der Waals surface area contributed by atoms with Crippen molar-refractivity contribution in [1.82, 2.24) is 0 Å². The van der Waals surface area contributed by atoms with Gasteiger partial charge in [-0.3, -0.25) is 0 Å². The van der Waals surface area contributed by atoms with E-state index in [0.29, 0.717) is 24.8 Å². The summed E-state index contributed by atoms with van der Waals surface area (Å²) in [6.07, 6.45) is -0.105. The number of esters is 2. The molecule has 0 aromatic rings. The van der Waals surface area contributed by atoms with Crippen molar-refractivity contribution in [1.29, 1.82) is 0 Å². The Kier molecular flexibility index (Phi) is 3.70. The average Bonchev–Trinajstić information content (AvgIpc) is 3.07. The van der Waals surface area contributed by atoms with Gasteiger partial charge in [-0.15, -0.1) is 0 Å². The molecule has 2 aliphatic carbocycles. The highest BCUT2D eigenvalue weighted by Crippen LogP contribution is 2.58. The molecule has 0 amide bonds. The highest BCUT2D eigenvalue weighted by atomic mass is 16.7. The highest BCUT2D eigenvalue weighted by Gasteiger charge is 2.64. The minimum Gasteiger partial charge on any atom is -0.459 e. The molecule has 2 heterocycles. The Morgan fingerprint density at radius 1 is 1.35 bits per heavy atom. The molecule has 0 spiro atoms. The van der Waals surface area contributed by atoms with Crippen molar-refractivity contribution in [3.8, 4) is 0 Å². The minimum absolute atomic E-state index is 0.166. The predicted molar refractivity (Wildman–Crippen MR) is 91.9 cm³/mol. The molecular formula is C20H26O6. The SMILES string of the molecule is C=C1C(=O)O[C@H]2[C@H]1[C@H](OC(=O)[C@@]1(C)O[C@@H]1C)C[C@@]1(C)[C@H](O)CCC(=C)[C@H]21. The molecule has 1 N–H and O–H groups in total. The summed E-state index contributed by atoms with van der Waals surface area (Å²) in [5.74, 6) is -1.47. The first kappa shape index (κ1) is 17.7. The lowest BCUT2D eigenvalue weighted by molar-refractivity contribution is -0.181. The van der Waals surface area contributed by atoms with Crippen molar-refractivity contribution in [2.75, 3.05) is 0 Å². The van der Waals surface area contributed by atoms with Crippen molar-refractivity contribution >= 4 is 11.9 Å². The largest absolute Gasteiger partial charge is 0.459 e. The van der Waals surface area contributed by atoms with Gasteiger partial charge >= 0.3 is 11.9 Å². The quantitative estimate of drug-likeness (QED) is 0.350. The van der Waals surface area contributed by atoms with Crippen LogP contribution in [0.5, 0.6) is 0 Å². The monoisotopic (exact) mass is 362 g/mol. The van der Waals surface area contributed by atoms with Gasteiger partial charge in [0.05, 0.1) is 18.1 Å². The van der Waals surface area contributed by atoms with E-state index < -0.39 is 47.2 Å². The van der Waals surface area contributed by atoms with Gasteiger partial charge in [0.1, 0.15) is 12.2 Å². The summed E-state index contributed by atoms with van der Waals surface area (Å²) in [5, 5.41) is 10.7. The second-order valence-corrected chi connectivity index (χ2v) is 8.63. The molecule has 142 valence electrons. The van der Waals surface area contributed by atoms with Crippen LogP contribution in [0.25, 0.3) is 0 Å². The Morgan fingerprint density at radius 2 is 2.00 bits per heavy atom. The van der Waals surface area contributed by atoms with Crippen LogP contribution in [0.3, 0.4) is 0 Å². The van der Waals surface area contributed by atoms with E-state index in [0.717, 1.165) is 5.57 Å². The summed E-state index contributed by atoms with van der Waals surface area (Å²) >= 11 is 0. The van der Waals surface area contributed by atoms with E-state index in [1.165, 1.54) is 0 Å². The van der Waals surface area contributed by atoms with Gasteiger partial charge in [-0.2, -0.15) is 0 Å². The van der Waals surface area contributed by atoms with Crippen molar-refractivity contribution < 1.29 is 28.9 Å². The zero-order chi connectivity index (χ0) is 19.0. The third kappa shape index (κ3) is 2.24. The first-order valence-electron chi connectivity index (χ1n) is 9.24. The fourth-order valence-electron chi connectivity index (χ4n) is 5.15. The zero-order valence-electron chi connectivity index (χ0n) is 15.5. The van der Waals surface area contributed by atoms with E-state index in [4.69, 9.17) is 14.2 Å². The van der Waals surface area contributed by atoms with Crippen LogP contribution in [0.2, 0.25) is 0 Å². The number of carbonyl (C=O) groups is 2. The van der Waals surface area contributed by atoms with Crippen LogP contribution in [0.15, 0.2) is 24.3 Å². The second-order valence-electron chi connectivity index (χ2n) is 8.63. The number of carbonyl (C=O) groups excluding carboxylic acids is 2. The Labute approximate surface area is 153 Å². The van der Waals surface area contributed by atoms with Crippen molar-refractivity contribution in [3.05, 3.63) is 24.3 Å². The molecule has 4 aliphatic rings. The second kappa shape index (κ2) is 5.42. The molecule has 4 fully saturated rings. The lowest BCUT2D eigenvalue weighted by Gasteiger charge is -2.54. The van der Waals surface area contributed by atoms with Crippen molar-refractivity contribution in [2.45, 2.75) is 70.1 Å². The third-order valence-electron chi connectivity index (χ3n) is 7.09. The van der Waals surface area contributed by atoms with Gasteiger partial charge in [-0.05, 0) is 33.1 Å². The van der Waals surface area contributed by atoms with Gasteiger partial charge in [0.25, 0.3) is 0 Å². The fourth-order valence-corrected chi connectivity index (χ4v) is 5.15. The van der Waals surface area contributed by atoms with Crippen LogP contribution in [-0.2, 0) is 23.8 Å². The van der Waals surface area contributed by atoms with Crippen LogP contribution in [0, 0.1) is 17.3 Å². The van der Waals surface area contributed by atoms with Crippen LogP contribution in [0.4, 0.5) is 0 Å². The number of hydrogen-bond donors (Lipinski definition) is 1. The topological polar surface area (TPSA) is 85.4 Å². The Balaban J connectivity index is 1.68. The molecule has 0 unspecified atom stereocenters. The minimum atomic E-state index is -0.938. The van der Waals surface area contributed by atoms with Gasteiger partial charge in [-0.1, -0.05) is 25.7 Å². The van der Waals surface area contributed by atoms with E-state index in [9.17, 15) is 14.7 Å². The van der Waals surface area contributed by atoms with Gasteiger partial charge in [0.2, 0.25) is 0 Å². The molecule has 8 atom stereocenters. The van der Waals surface area contributed by atoms with Crippen LogP contribution in [-0.4, -0.2) is 47.1 Å². The zero-order valence-corrected chi connectivity index (χ0v) is 15.5. The van der Waals surface area contributed by atoms with Gasteiger partial charge < -0.3 is 19.3 Å². The van der Waals surface area contributed by atoms with E-state index in [2.05, 4.69) is 13.2 Å². The van der Waals surface area contributed by atoms with Gasteiger partial charge in [0, 0.05) is 16.9 Å². The molecule has 6 nitrogen and oxygen atoms in total. The molecule has 2 saturated heterocycles. The smallest absolute Gasteiger partial charge is 0.341 e. The first-order valence-corrected chi connectivity index (χ1v) is 9.24.